The van der Waals surface area contributed by atoms with Crippen LogP contribution in [0.3, 0.4) is 0 Å². The lowest BCUT2D eigenvalue weighted by molar-refractivity contribution is 0.0695. The molecule has 0 fully saturated rings. The maximum Gasteiger partial charge on any atom is 0.341 e. The highest BCUT2D eigenvalue weighted by atomic mass is 16.5. The summed E-state index contributed by atoms with van der Waals surface area (Å²) >= 11 is 0. The van der Waals surface area contributed by atoms with E-state index in [-0.39, 0.29) is 5.56 Å². The third-order valence-electron chi connectivity index (χ3n) is 3.16. The van der Waals surface area contributed by atoms with Crippen LogP contribution in [0.15, 0.2) is 29.2 Å². The molecule has 1 aromatic heterocycles. The summed E-state index contributed by atoms with van der Waals surface area (Å²) in [5, 5.41) is 9.41. The standard InChI is InChI=1S/C15H17NO4/c1-3-4-7-20-10-5-6-13-11(8-10)14(17)12(15(18)19)9-16(13)2/h5-6,8-9H,3-4,7H2,1-2H3,(H,18,19). The first-order valence-corrected chi connectivity index (χ1v) is 6.54. The van der Waals surface area contributed by atoms with Crippen molar-refractivity contribution in [3.05, 3.63) is 40.2 Å². The van der Waals surface area contributed by atoms with E-state index in [9.17, 15) is 9.59 Å². The number of benzene rings is 1. The first kappa shape index (κ1) is 14.1. The van der Waals surface area contributed by atoms with Crippen LogP contribution in [-0.4, -0.2) is 22.2 Å². The Morgan fingerprint density at radius 2 is 2.15 bits per heavy atom. The summed E-state index contributed by atoms with van der Waals surface area (Å²) in [6.07, 6.45) is 3.30. The highest BCUT2D eigenvalue weighted by molar-refractivity contribution is 5.92. The molecule has 1 aromatic carbocycles. The number of nitrogens with zero attached hydrogens (tertiary/aromatic N) is 1. The Morgan fingerprint density at radius 3 is 2.80 bits per heavy atom. The molecule has 0 saturated heterocycles. The van der Waals surface area contributed by atoms with Gasteiger partial charge in [-0.25, -0.2) is 4.79 Å². The average Bonchev–Trinajstić information content (AvgIpc) is 2.42. The van der Waals surface area contributed by atoms with Crippen molar-refractivity contribution in [2.24, 2.45) is 7.05 Å². The van der Waals surface area contributed by atoms with E-state index in [1.54, 1.807) is 29.8 Å². The number of fused-ring (bicyclic) bond motifs is 1. The number of hydrogen-bond donors (Lipinski definition) is 1. The Hall–Kier alpha value is -2.30. The number of ether oxygens (including phenoxy) is 1. The van der Waals surface area contributed by atoms with Crippen molar-refractivity contribution < 1.29 is 14.6 Å². The molecule has 0 radical (unpaired) electrons. The van der Waals surface area contributed by atoms with E-state index in [0.29, 0.717) is 23.3 Å². The quantitative estimate of drug-likeness (QED) is 0.851. The Morgan fingerprint density at radius 1 is 1.40 bits per heavy atom. The van der Waals surface area contributed by atoms with E-state index < -0.39 is 11.4 Å². The summed E-state index contributed by atoms with van der Waals surface area (Å²) in [6, 6.07) is 5.17. The largest absolute Gasteiger partial charge is 0.494 e. The average molecular weight is 275 g/mol. The van der Waals surface area contributed by atoms with Crippen LogP contribution in [0.2, 0.25) is 0 Å². The monoisotopic (exact) mass is 275 g/mol. The van der Waals surface area contributed by atoms with Gasteiger partial charge in [-0.05, 0) is 24.6 Å². The van der Waals surface area contributed by atoms with Gasteiger partial charge in [-0.2, -0.15) is 0 Å². The molecular weight excluding hydrogens is 258 g/mol. The molecule has 1 heterocycles. The predicted octanol–water partition coefficient (Wildman–Crippen LogP) is 2.42. The van der Waals surface area contributed by atoms with Crippen molar-refractivity contribution in [1.29, 1.82) is 0 Å². The number of pyridine rings is 1. The zero-order valence-corrected chi connectivity index (χ0v) is 11.5. The fourth-order valence-corrected chi connectivity index (χ4v) is 2.05. The molecule has 106 valence electrons. The summed E-state index contributed by atoms with van der Waals surface area (Å²) in [6.45, 7) is 2.65. The van der Waals surface area contributed by atoms with Gasteiger partial charge in [-0.1, -0.05) is 13.3 Å². The maximum absolute atomic E-state index is 12.2. The number of aromatic carboxylic acids is 1. The van der Waals surface area contributed by atoms with E-state index in [2.05, 4.69) is 6.92 Å². The number of carbonyl (C=O) groups is 1. The fourth-order valence-electron chi connectivity index (χ4n) is 2.05. The van der Waals surface area contributed by atoms with Crippen LogP contribution in [0.5, 0.6) is 5.75 Å². The summed E-state index contributed by atoms with van der Waals surface area (Å²) in [4.78, 5) is 23.2. The van der Waals surface area contributed by atoms with E-state index in [0.717, 1.165) is 12.8 Å². The topological polar surface area (TPSA) is 68.5 Å². The lowest BCUT2D eigenvalue weighted by Gasteiger charge is -2.10. The molecule has 0 spiro atoms. The van der Waals surface area contributed by atoms with Crippen LogP contribution in [-0.2, 0) is 7.05 Å². The Balaban J connectivity index is 2.52. The Labute approximate surface area is 116 Å². The minimum atomic E-state index is -1.22. The van der Waals surface area contributed by atoms with Gasteiger partial charge >= 0.3 is 5.97 Å². The van der Waals surface area contributed by atoms with Crippen molar-refractivity contribution in [1.82, 2.24) is 4.57 Å². The van der Waals surface area contributed by atoms with Crippen molar-refractivity contribution in [3.63, 3.8) is 0 Å². The third kappa shape index (κ3) is 2.66. The fraction of sp³-hybridized carbons (Fsp3) is 0.333. The number of carboxylic acids is 1. The van der Waals surface area contributed by atoms with Gasteiger partial charge in [0.1, 0.15) is 11.3 Å². The number of hydrogen-bond acceptors (Lipinski definition) is 3. The second-order valence-corrected chi connectivity index (χ2v) is 4.67. The van der Waals surface area contributed by atoms with Crippen LogP contribution >= 0.6 is 0 Å². The minimum Gasteiger partial charge on any atom is -0.494 e. The molecule has 0 unspecified atom stereocenters. The van der Waals surface area contributed by atoms with Crippen molar-refractivity contribution in [2.75, 3.05) is 6.61 Å². The molecule has 0 aliphatic heterocycles. The molecule has 20 heavy (non-hydrogen) atoms. The van der Waals surface area contributed by atoms with E-state index in [1.807, 2.05) is 0 Å². The van der Waals surface area contributed by atoms with Gasteiger partial charge in [0.25, 0.3) is 0 Å². The lowest BCUT2D eigenvalue weighted by Crippen LogP contribution is -2.17. The van der Waals surface area contributed by atoms with Crippen LogP contribution < -0.4 is 10.2 Å². The number of aryl methyl sites for hydroxylation is 1. The molecular formula is C15H17NO4. The molecule has 0 amide bonds. The normalized spacial score (nSPS) is 10.7. The smallest absolute Gasteiger partial charge is 0.341 e. The Kier molecular flexibility index (Phi) is 4.08. The van der Waals surface area contributed by atoms with Crippen molar-refractivity contribution in [2.45, 2.75) is 19.8 Å². The van der Waals surface area contributed by atoms with Crippen molar-refractivity contribution >= 4 is 16.9 Å². The van der Waals surface area contributed by atoms with Gasteiger partial charge in [0.2, 0.25) is 5.43 Å². The maximum atomic E-state index is 12.2. The number of aromatic nitrogens is 1. The highest BCUT2D eigenvalue weighted by Gasteiger charge is 2.13. The molecule has 0 bridgehead atoms. The summed E-state index contributed by atoms with van der Waals surface area (Å²) < 4.78 is 7.19. The van der Waals surface area contributed by atoms with E-state index in [4.69, 9.17) is 9.84 Å². The van der Waals surface area contributed by atoms with Crippen LogP contribution in [0.1, 0.15) is 30.1 Å². The summed E-state index contributed by atoms with van der Waals surface area (Å²) in [7, 11) is 1.71. The van der Waals surface area contributed by atoms with Gasteiger partial charge in [0.15, 0.2) is 0 Å². The molecule has 0 aliphatic carbocycles. The molecule has 0 saturated carbocycles. The van der Waals surface area contributed by atoms with Gasteiger partial charge in [0.05, 0.1) is 17.5 Å². The zero-order valence-electron chi connectivity index (χ0n) is 11.5. The predicted molar refractivity (Wildman–Crippen MR) is 76.6 cm³/mol. The second-order valence-electron chi connectivity index (χ2n) is 4.67. The SMILES string of the molecule is CCCCOc1ccc2c(c1)c(=O)c(C(=O)O)cn2C. The molecule has 5 nitrogen and oxygen atoms in total. The van der Waals surface area contributed by atoms with Crippen LogP contribution in [0, 0.1) is 0 Å². The molecule has 1 N–H and O–H groups in total. The van der Waals surface area contributed by atoms with Crippen molar-refractivity contribution in [3.8, 4) is 5.75 Å². The highest BCUT2D eigenvalue weighted by Crippen LogP contribution is 2.19. The summed E-state index contributed by atoms with van der Waals surface area (Å²) in [5.74, 6) is -0.629. The second kappa shape index (κ2) is 5.77. The molecule has 2 rings (SSSR count). The molecule has 0 atom stereocenters. The van der Waals surface area contributed by atoms with Gasteiger partial charge < -0.3 is 14.4 Å². The van der Waals surface area contributed by atoms with Gasteiger partial charge in [-0.3, -0.25) is 4.79 Å². The van der Waals surface area contributed by atoms with Crippen LogP contribution in [0.25, 0.3) is 10.9 Å². The first-order chi connectivity index (χ1) is 9.54. The molecule has 0 aliphatic rings. The summed E-state index contributed by atoms with van der Waals surface area (Å²) in [5.41, 5.74) is -0.0277. The Bertz CT molecular complexity index is 703. The number of rotatable bonds is 5. The first-order valence-electron chi connectivity index (χ1n) is 6.54. The van der Waals surface area contributed by atoms with Gasteiger partial charge in [-0.15, -0.1) is 0 Å². The molecule has 2 aromatic rings. The number of unbranched alkanes of at least 4 members (excludes halogenated alkanes) is 1. The zero-order chi connectivity index (χ0) is 14.7. The van der Waals surface area contributed by atoms with Gasteiger partial charge in [0, 0.05) is 13.2 Å². The molecule has 5 heteroatoms. The van der Waals surface area contributed by atoms with E-state index in [1.165, 1.54) is 6.20 Å². The number of carboxylic acid groups (broad SMARTS) is 1. The van der Waals surface area contributed by atoms with Crippen LogP contribution in [0.4, 0.5) is 0 Å². The lowest BCUT2D eigenvalue weighted by atomic mass is 10.1. The third-order valence-corrected chi connectivity index (χ3v) is 3.16. The van der Waals surface area contributed by atoms with E-state index >= 15 is 0 Å². The minimum absolute atomic E-state index is 0.231.